The molecule has 1 atom stereocenters. The predicted octanol–water partition coefficient (Wildman–Crippen LogP) is 5.07. The number of benzene rings is 3. The number of hydrogen-bond donors (Lipinski definition) is 0. The molecule has 0 spiro atoms. The largest absolute Gasteiger partial charge is 0.493 e. The molecule has 0 radical (unpaired) electrons. The molecule has 4 rings (SSSR count). The fourth-order valence-corrected chi connectivity index (χ4v) is 4.36. The molecular formula is C25H24ClNO3. The number of halogens is 1. The number of hydrogen-bond acceptors (Lipinski definition) is 3. The molecule has 0 N–H and O–H groups in total. The lowest BCUT2D eigenvalue weighted by Gasteiger charge is -2.38. The average Bonchev–Trinajstić information content (AvgIpc) is 2.78. The number of rotatable bonds is 5. The number of carbonyl (C=O) groups is 1. The normalized spacial score (nSPS) is 15.4. The maximum Gasteiger partial charge on any atom is 0.227 e. The number of nitrogens with zero attached hydrogens (tertiary/aromatic N) is 1. The second kappa shape index (κ2) is 8.80. The lowest BCUT2D eigenvalue weighted by Crippen LogP contribution is -2.41. The Balaban J connectivity index is 1.80. The molecule has 154 valence electrons. The van der Waals surface area contributed by atoms with E-state index in [2.05, 4.69) is 0 Å². The molecule has 1 aliphatic rings. The molecule has 1 heterocycles. The first kappa shape index (κ1) is 20.3. The van der Waals surface area contributed by atoms with Crippen molar-refractivity contribution in [2.45, 2.75) is 18.9 Å². The number of fused-ring (bicyclic) bond motifs is 1. The van der Waals surface area contributed by atoms with Crippen molar-refractivity contribution in [2.24, 2.45) is 0 Å². The Labute approximate surface area is 182 Å². The van der Waals surface area contributed by atoms with E-state index in [9.17, 15) is 4.79 Å². The maximum absolute atomic E-state index is 13.4. The van der Waals surface area contributed by atoms with Gasteiger partial charge in [0.1, 0.15) is 0 Å². The monoisotopic (exact) mass is 421 g/mol. The van der Waals surface area contributed by atoms with E-state index in [0.29, 0.717) is 29.5 Å². The van der Waals surface area contributed by atoms with Gasteiger partial charge in [-0.15, -0.1) is 0 Å². The minimum atomic E-state index is -0.279. The second-order valence-electron chi connectivity index (χ2n) is 7.33. The van der Waals surface area contributed by atoms with E-state index in [4.69, 9.17) is 21.1 Å². The third-order valence-corrected chi connectivity index (χ3v) is 5.94. The van der Waals surface area contributed by atoms with Crippen LogP contribution in [0.4, 0.5) is 0 Å². The molecule has 30 heavy (non-hydrogen) atoms. The molecule has 0 bridgehead atoms. The third kappa shape index (κ3) is 3.88. The first-order valence-electron chi connectivity index (χ1n) is 9.95. The van der Waals surface area contributed by atoms with Crippen molar-refractivity contribution in [3.05, 3.63) is 94.0 Å². The minimum Gasteiger partial charge on any atom is -0.493 e. The van der Waals surface area contributed by atoms with E-state index in [0.717, 1.165) is 28.7 Å². The highest BCUT2D eigenvalue weighted by Crippen LogP contribution is 2.42. The van der Waals surface area contributed by atoms with Crippen LogP contribution in [0, 0.1) is 0 Å². The SMILES string of the molecule is COc1cc2c(cc1OC)[C@@H](c1ccccc1Cl)N(C(=O)Cc1ccccc1)CC2. The highest BCUT2D eigenvalue weighted by molar-refractivity contribution is 6.31. The van der Waals surface area contributed by atoms with Gasteiger partial charge in [0, 0.05) is 11.6 Å². The Morgan fingerprint density at radius 2 is 1.63 bits per heavy atom. The van der Waals surface area contributed by atoms with Gasteiger partial charge in [0.05, 0.1) is 26.7 Å². The lowest BCUT2D eigenvalue weighted by atomic mass is 9.87. The van der Waals surface area contributed by atoms with Crippen LogP contribution >= 0.6 is 11.6 Å². The molecule has 0 aliphatic carbocycles. The van der Waals surface area contributed by atoms with Crippen LogP contribution in [-0.2, 0) is 17.6 Å². The summed E-state index contributed by atoms with van der Waals surface area (Å²) in [5, 5.41) is 0.641. The van der Waals surface area contributed by atoms with Crippen molar-refractivity contribution in [1.82, 2.24) is 4.90 Å². The van der Waals surface area contributed by atoms with Gasteiger partial charge < -0.3 is 14.4 Å². The van der Waals surface area contributed by atoms with Crippen LogP contribution < -0.4 is 9.47 Å². The van der Waals surface area contributed by atoms with Crippen molar-refractivity contribution >= 4 is 17.5 Å². The van der Waals surface area contributed by atoms with Gasteiger partial charge in [-0.25, -0.2) is 0 Å². The zero-order chi connectivity index (χ0) is 21.1. The molecule has 0 saturated heterocycles. The van der Waals surface area contributed by atoms with E-state index in [-0.39, 0.29) is 11.9 Å². The highest BCUT2D eigenvalue weighted by atomic mass is 35.5. The van der Waals surface area contributed by atoms with Gasteiger partial charge in [0.15, 0.2) is 11.5 Å². The smallest absolute Gasteiger partial charge is 0.227 e. The van der Waals surface area contributed by atoms with E-state index in [1.54, 1.807) is 14.2 Å². The van der Waals surface area contributed by atoms with E-state index < -0.39 is 0 Å². The predicted molar refractivity (Wildman–Crippen MR) is 118 cm³/mol. The van der Waals surface area contributed by atoms with E-state index in [1.165, 1.54) is 0 Å². The van der Waals surface area contributed by atoms with Crippen LogP contribution in [0.3, 0.4) is 0 Å². The summed E-state index contributed by atoms with van der Waals surface area (Å²) < 4.78 is 11.0. The summed E-state index contributed by atoms with van der Waals surface area (Å²) in [7, 11) is 3.25. The van der Waals surface area contributed by atoms with E-state index in [1.807, 2.05) is 71.6 Å². The zero-order valence-corrected chi connectivity index (χ0v) is 17.9. The Morgan fingerprint density at radius 3 is 2.33 bits per heavy atom. The fraction of sp³-hybridized carbons (Fsp3) is 0.240. The summed E-state index contributed by atoms with van der Waals surface area (Å²) in [5.41, 5.74) is 4.07. The summed E-state index contributed by atoms with van der Waals surface area (Å²) in [5.74, 6) is 1.41. The number of methoxy groups -OCH3 is 2. The average molecular weight is 422 g/mol. The number of carbonyl (C=O) groups excluding carboxylic acids is 1. The number of amides is 1. The Bertz CT molecular complexity index is 1050. The van der Waals surface area contributed by atoms with Crippen LogP contribution in [0.2, 0.25) is 5.02 Å². The standard InChI is InChI=1S/C25H24ClNO3/c1-29-22-15-18-12-13-27(24(28)14-17-8-4-3-5-9-17)25(20(18)16-23(22)30-2)19-10-6-7-11-21(19)26/h3-11,15-16,25H,12-14H2,1-2H3/t25-/m1/s1. The van der Waals surface area contributed by atoms with Crippen LogP contribution in [-0.4, -0.2) is 31.6 Å². The summed E-state index contributed by atoms with van der Waals surface area (Å²) >= 11 is 6.59. The summed E-state index contributed by atoms with van der Waals surface area (Å²) in [6.45, 7) is 0.615. The van der Waals surface area contributed by atoms with Crippen LogP contribution in [0.25, 0.3) is 0 Å². The Kier molecular flexibility index (Phi) is 5.96. The van der Waals surface area contributed by atoms with Gasteiger partial charge in [0.25, 0.3) is 0 Å². The summed E-state index contributed by atoms with van der Waals surface area (Å²) in [4.78, 5) is 15.3. The molecule has 3 aromatic rings. The van der Waals surface area contributed by atoms with Gasteiger partial charge in [-0.1, -0.05) is 60.1 Å². The van der Waals surface area contributed by atoms with Crippen molar-refractivity contribution < 1.29 is 14.3 Å². The van der Waals surface area contributed by atoms with Crippen LogP contribution in [0.5, 0.6) is 11.5 Å². The van der Waals surface area contributed by atoms with Gasteiger partial charge in [-0.3, -0.25) is 4.79 Å². The molecular weight excluding hydrogens is 398 g/mol. The van der Waals surface area contributed by atoms with Crippen molar-refractivity contribution in [2.75, 3.05) is 20.8 Å². The highest BCUT2D eigenvalue weighted by Gasteiger charge is 2.34. The third-order valence-electron chi connectivity index (χ3n) is 5.59. The summed E-state index contributed by atoms with van der Waals surface area (Å²) in [6.07, 6.45) is 1.10. The number of ether oxygens (including phenoxy) is 2. The molecule has 1 aliphatic heterocycles. The molecule has 0 unspecified atom stereocenters. The van der Waals surface area contributed by atoms with Gasteiger partial charge in [-0.2, -0.15) is 0 Å². The lowest BCUT2D eigenvalue weighted by molar-refractivity contribution is -0.132. The molecule has 1 amide bonds. The molecule has 4 nitrogen and oxygen atoms in total. The molecule has 3 aromatic carbocycles. The molecule has 5 heteroatoms. The Hall–Kier alpha value is -2.98. The van der Waals surface area contributed by atoms with Gasteiger partial charge in [0.2, 0.25) is 5.91 Å². The summed E-state index contributed by atoms with van der Waals surface area (Å²) in [6, 6.07) is 21.2. The minimum absolute atomic E-state index is 0.0755. The molecule has 0 saturated carbocycles. The topological polar surface area (TPSA) is 38.8 Å². The van der Waals surface area contributed by atoms with Crippen molar-refractivity contribution in [3.8, 4) is 11.5 Å². The van der Waals surface area contributed by atoms with E-state index >= 15 is 0 Å². The van der Waals surface area contributed by atoms with Crippen LogP contribution in [0.1, 0.15) is 28.3 Å². The zero-order valence-electron chi connectivity index (χ0n) is 17.1. The van der Waals surface area contributed by atoms with Crippen LogP contribution in [0.15, 0.2) is 66.7 Å². The maximum atomic E-state index is 13.4. The Morgan fingerprint density at radius 1 is 0.967 bits per heavy atom. The van der Waals surface area contributed by atoms with Gasteiger partial charge in [-0.05, 0) is 46.9 Å². The fourth-order valence-electron chi connectivity index (χ4n) is 4.12. The second-order valence-corrected chi connectivity index (χ2v) is 7.74. The van der Waals surface area contributed by atoms with Crippen molar-refractivity contribution in [1.29, 1.82) is 0 Å². The molecule has 0 aromatic heterocycles. The quantitative estimate of drug-likeness (QED) is 0.577. The molecule has 0 fully saturated rings. The first-order valence-corrected chi connectivity index (χ1v) is 10.3. The first-order chi connectivity index (χ1) is 14.6. The van der Waals surface area contributed by atoms with Gasteiger partial charge >= 0.3 is 0 Å². The van der Waals surface area contributed by atoms with Crippen molar-refractivity contribution in [3.63, 3.8) is 0 Å².